The molecule has 1 aliphatic rings. The van der Waals surface area contributed by atoms with Crippen LogP contribution < -0.4 is 0 Å². The van der Waals surface area contributed by atoms with Crippen LogP contribution in [-0.2, 0) is 55.0 Å². The summed E-state index contributed by atoms with van der Waals surface area (Å²) < 4.78 is 1.65. The molecular formula is C60H102N2Ni. The first-order chi connectivity index (χ1) is 30.5. The first-order valence-corrected chi connectivity index (χ1v) is 27.1. The standard InChI is InChI=1S/C56H92N2.2C2H5.Ni/c1-8-15-22-28-35-46-41-51(42-47(36-29-23-16-9-2)53(46)39-32-26-19-12-5)55-45-50(34-21-14-7)56(58(55)57)52-43-48(37-30-24-17-10-3)54(40-33-27-20-13-6)49(44-52)38-31-25-18-11-4;2*1-2;/h41-45H,8-40H2,1-7H3;2*1H2,2H3;/q;2*-1;+2. The number of benzene rings is 2. The molecule has 2 nitrogen and oxygen atoms in total. The Morgan fingerprint density at radius 2 is 0.651 bits per heavy atom. The van der Waals surface area contributed by atoms with Gasteiger partial charge in [-0.1, -0.05) is 170 Å². The summed E-state index contributed by atoms with van der Waals surface area (Å²) in [6, 6.07) is 10.1. The van der Waals surface area contributed by atoms with E-state index in [1.807, 2.05) is 0 Å². The molecule has 0 aliphatic carbocycles. The number of hydrogen-bond acceptors (Lipinski definition) is 0. The molecule has 0 bridgehead atoms. The Bertz CT molecular complexity index is 1450. The van der Waals surface area contributed by atoms with Gasteiger partial charge in [-0.2, -0.15) is 13.8 Å². The summed E-state index contributed by atoms with van der Waals surface area (Å²) in [6.07, 6.45) is 43.8. The van der Waals surface area contributed by atoms with Crippen molar-refractivity contribution in [1.82, 2.24) is 0 Å². The number of unbranched alkanes of at least 4 members (excludes halogenated alkanes) is 19. The van der Waals surface area contributed by atoms with Crippen LogP contribution in [0.15, 0.2) is 35.9 Å². The van der Waals surface area contributed by atoms with E-state index in [2.05, 4.69) is 92.7 Å². The third-order valence-corrected chi connectivity index (χ3v) is 13.1. The molecule has 0 saturated heterocycles. The Morgan fingerprint density at radius 1 is 0.365 bits per heavy atom. The smallest absolute Gasteiger partial charge is 0.493 e. The Kier molecular flexibility index (Phi) is 39.0. The van der Waals surface area contributed by atoms with Crippen molar-refractivity contribution in [3.8, 4) is 0 Å². The SMILES string of the molecule is CCCCCCc1cc(C2=CC(CCCC)=C(c3cc(CCCCCC)c(CCCCCC)c(CCCCCC)c3)[N+]2=[N-])cc(CCCCCC)c1CCCCCC.[CH2-]C.[CH2-]C.[Ni+2]. The van der Waals surface area contributed by atoms with Crippen LogP contribution in [0.2, 0.25) is 0 Å². The first-order valence-electron chi connectivity index (χ1n) is 27.1. The fourth-order valence-corrected chi connectivity index (χ4v) is 9.46. The molecule has 0 atom stereocenters. The molecule has 1 aliphatic heterocycles. The molecule has 3 rings (SSSR count). The fraction of sp³-hybridized carbons (Fsp3) is 0.700. The Labute approximate surface area is 404 Å². The monoisotopic (exact) mass is 909 g/mol. The van der Waals surface area contributed by atoms with E-state index in [4.69, 9.17) is 0 Å². The molecule has 0 aromatic heterocycles. The van der Waals surface area contributed by atoms with Gasteiger partial charge >= 0.3 is 16.5 Å². The maximum atomic E-state index is 12.6. The number of nitrogens with zero attached hydrogens (tertiary/aromatic N) is 2. The summed E-state index contributed by atoms with van der Waals surface area (Å²) >= 11 is 0. The van der Waals surface area contributed by atoms with Crippen LogP contribution in [0, 0.1) is 13.8 Å². The number of allylic oxidation sites excluding steroid dienone is 2. The Balaban J connectivity index is 0.00000746. The number of aryl methyl sites for hydroxylation is 4. The van der Waals surface area contributed by atoms with Gasteiger partial charge < -0.3 is 19.4 Å². The second-order valence-corrected chi connectivity index (χ2v) is 18.2. The van der Waals surface area contributed by atoms with Gasteiger partial charge in [-0.3, -0.25) is 0 Å². The van der Waals surface area contributed by atoms with E-state index >= 15 is 0 Å². The van der Waals surface area contributed by atoms with Gasteiger partial charge in [0.1, 0.15) is 0 Å². The number of rotatable bonds is 35. The molecule has 0 radical (unpaired) electrons. The third-order valence-electron chi connectivity index (χ3n) is 13.1. The van der Waals surface area contributed by atoms with Gasteiger partial charge in [0.25, 0.3) is 0 Å². The molecule has 0 N–H and O–H groups in total. The van der Waals surface area contributed by atoms with Gasteiger partial charge in [-0.05, 0) is 148 Å². The van der Waals surface area contributed by atoms with E-state index in [1.165, 1.54) is 184 Å². The molecule has 362 valence electrons. The molecule has 0 fully saturated rings. The van der Waals surface area contributed by atoms with Crippen LogP contribution in [0.3, 0.4) is 0 Å². The zero-order valence-electron chi connectivity index (χ0n) is 43.3. The van der Waals surface area contributed by atoms with E-state index in [1.54, 1.807) is 51.9 Å². The Hall–Kier alpha value is -1.99. The first kappa shape index (κ1) is 61.0. The van der Waals surface area contributed by atoms with Gasteiger partial charge in [0.05, 0.1) is 0 Å². The molecule has 0 saturated carbocycles. The topological polar surface area (TPSA) is 25.3 Å². The third kappa shape index (κ3) is 22.9. The van der Waals surface area contributed by atoms with Crippen molar-refractivity contribution >= 4 is 11.4 Å². The zero-order chi connectivity index (χ0) is 45.8. The van der Waals surface area contributed by atoms with Crippen molar-refractivity contribution in [3.63, 3.8) is 0 Å². The molecule has 1 heterocycles. The van der Waals surface area contributed by atoms with Gasteiger partial charge in [0.2, 0.25) is 11.4 Å². The van der Waals surface area contributed by atoms with E-state index in [9.17, 15) is 5.53 Å². The average Bonchev–Trinajstić information content (AvgIpc) is 3.63. The summed E-state index contributed by atoms with van der Waals surface area (Å²) in [5.74, 6) is 0. The minimum absolute atomic E-state index is 0. The number of hydrogen-bond donors (Lipinski definition) is 0. The summed E-state index contributed by atoms with van der Waals surface area (Å²) in [7, 11) is 0. The van der Waals surface area contributed by atoms with E-state index in [0.29, 0.717) is 0 Å². The van der Waals surface area contributed by atoms with Crippen molar-refractivity contribution in [2.75, 3.05) is 0 Å². The van der Waals surface area contributed by atoms with E-state index in [0.717, 1.165) is 56.3 Å². The van der Waals surface area contributed by atoms with Gasteiger partial charge in [-0.25, -0.2) is 4.70 Å². The second kappa shape index (κ2) is 40.3. The van der Waals surface area contributed by atoms with Crippen LogP contribution in [0.4, 0.5) is 0 Å². The normalized spacial score (nSPS) is 12.2. The predicted molar refractivity (Wildman–Crippen MR) is 280 cm³/mol. The van der Waals surface area contributed by atoms with Crippen molar-refractivity contribution < 1.29 is 21.2 Å². The Morgan fingerprint density at radius 3 is 0.952 bits per heavy atom. The second-order valence-electron chi connectivity index (χ2n) is 18.2. The van der Waals surface area contributed by atoms with Crippen LogP contribution in [0.5, 0.6) is 0 Å². The molecule has 3 heteroatoms. The molecule has 0 amide bonds. The maximum Gasteiger partial charge on any atom is 2.00 e. The molecular weight excluding hydrogens is 807 g/mol. The molecule has 2 aromatic carbocycles. The van der Waals surface area contributed by atoms with Crippen LogP contribution in [-0.4, -0.2) is 4.70 Å². The van der Waals surface area contributed by atoms with Crippen molar-refractivity contribution in [2.24, 2.45) is 0 Å². The summed E-state index contributed by atoms with van der Waals surface area (Å²) in [4.78, 5) is 0. The van der Waals surface area contributed by atoms with E-state index in [-0.39, 0.29) is 16.5 Å². The molecule has 63 heavy (non-hydrogen) atoms. The zero-order valence-corrected chi connectivity index (χ0v) is 44.3. The van der Waals surface area contributed by atoms with Crippen molar-refractivity contribution in [3.05, 3.63) is 99.8 Å². The maximum absolute atomic E-state index is 12.6. The van der Waals surface area contributed by atoms with Crippen LogP contribution in [0.25, 0.3) is 16.9 Å². The minimum Gasteiger partial charge on any atom is -0.493 e. The molecule has 2 aromatic rings. The van der Waals surface area contributed by atoms with Crippen LogP contribution >= 0.6 is 0 Å². The fourth-order valence-electron chi connectivity index (χ4n) is 9.46. The van der Waals surface area contributed by atoms with Gasteiger partial charge in [-0.15, -0.1) is 0 Å². The predicted octanol–water partition coefficient (Wildman–Crippen LogP) is 20.1. The van der Waals surface area contributed by atoms with Crippen LogP contribution in [0.1, 0.15) is 280 Å². The van der Waals surface area contributed by atoms with Gasteiger partial charge in [0.15, 0.2) is 0 Å². The van der Waals surface area contributed by atoms with Crippen molar-refractivity contribution in [1.29, 1.82) is 0 Å². The quantitative estimate of drug-likeness (QED) is 0.0285. The summed E-state index contributed by atoms with van der Waals surface area (Å²) in [6.45, 7) is 26.3. The molecule has 0 unspecified atom stereocenters. The summed E-state index contributed by atoms with van der Waals surface area (Å²) in [5.41, 5.74) is 28.0. The largest absolute Gasteiger partial charge is 2.00 e. The van der Waals surface area contributed by atoms with Gasteiger partial charge in [0, 0.05) is 22.8 Å². The summed E-state index contributed by atoms with van der Waals surface area (Å²) in [5, 5.41) is 0. The van der Waals surface area contributed by atoms with E-state index < -0.39 is 0 Å². The average molecular weight is 910 g/mol. The molecule has 0 spiro atoms. The minimum atomic E-state index is 0. The van der Waals surface area contributed by atoms with Crippen molar-refractivity contribution in [2.45, 2.75) is 274 Å².